The van der Waals surface area contributed by atoms with Gasteiger partial charge in [-0.3, -0.25) is 0 Å². The zero-order valence-corrected chi connectivity index (χ0v) is 13.2. The fraction of sp³-hybridized carbons (Fsp3) is 0.375. The fourth-order valence-corrected chi connectivity index (χ4v) is 3.43. The molecule has 1 nitrogen and oxygen atoms in total. The Bertz CT molecular complexity index is 462. The van der Waals surface area contributed by atoms with Crippen LogP contribution in [0.4, 0.5) is 0 Å². The third kappa shape index (κ3) is 4.10. The van der Waals surface area contributed by atoms with Gasteiger partial charge in [0.15, 0.2) is 0 Å². The van der Waals surface area contributed by atoms with E-state index in [0.717, 1.165) is 18.7 Å². The van der Waals surface area contributed by atoms with E-state index in [1.54, 1.807) is 11.3 Å². The lowest BCUT2D eigenvalue weighted by Crippen LogP contribution is -2.22. The van der Waals surface area contributed by atoms with E-state index < -0.39 is 0 Å². The van der Waals surface area contributed by atoms with Gasteiger partial charge in [-0.05, 0) is 58.8 Å². The number of rotatable bonds is 7. The average molecular weight is 291 g/mol. The second-order valence-electron chi connectivity index (χ2n) is 4.45. The van der Waals surface area contributed by atoms with Crippen LogP contribution in [0.5, 0.6) is 0 Å². The summed E-state index contributed by atoms with van der Waals surface area (Å²) in [6, 6.07) is 11.5. The normalized spacial score (nSPS) is 12.5. The molecule has 0 fully saturated rings. The van der Waals surface area contributed by atoms with Crippen LogP contribution in [0.3, 0.4) is 0 Å². The van der Waals surface area contributed by atoms with Crippen LogP contribution in [-0.2, 0) is 0 Å². The zero-order valence-electron chi connectivity index (χ0n) is 11.6. The highest BCUT2D eigenvalue weighted by Crippen LogP contribution is 2.26. The van der Waals surface area contributed by atoms with Crippen LogP contribution in [0.25, 0.3) is 0 Å². The Balaban J connectivity index is 2.17. The number of hydrogen-bond acceptors (Lipinski definition) is 3. The molecule has 1 atom stereocenters. The van der Waals surface area contributed by atoms with Crippen molar-refractivity contribution < 1.29 is 0 Å². The lowest BCUT2D eigenvalue weighted by molar-refractivity contribution is 0.600. The van der Waals surface area contributed by atoms with Crippen molar-refractivity contribution in [3.63, 3.8) is 0 Å². The van der Waals surface area contributed by atoms with Gasteiger partial charge in [-0.25, -0.2) is 0 Å². The van der Waals surface area contributed by atoms with E-state index >= 15 is 0 Å². The molecule has 0 bridgehead atoms. The molecule has 1 aromatic heterocycles. The maximum atomic E-state index is 3.64. The second-order valence-corrected chi connectivity index (χ2v) is 6.56. The summed E-state index contributed by atoms with van der Waals surface area (Å²) >= 11 is 3.66. The SMILES string of the molecule is CCCNC(c1ccc(SCC)cc1)c1ccsc1. The van der Waals surface area contributed by atoms with Crippen LogP contribution < -0.4 is 5.32 Å². The lowest BCUT2D eigenvalue weighted by Gasteiger charge is -2.18. The van der Waals surface area contributed by atoms with Crippen molar-refractivity contribution in [2.45, 2.75) is 31.2 Å². The third-order valence-electron chi connectivity index (χ3n) is 3.00. The van der Waals surface area contributed by atoms with Crippen molar-refractivity contribution in [2.24, 2.45) is 0 Å². The number of nitrogens with one attached hydrogen (secondary N) is 1. The molecule has 102 valence electrons. The van der Waals surface area contributed by atoms with E-state index in [0.29, 0.717) is 6.04 Å². The average Bonchev–Trinajstić information content (AvgIpc) is 2.95. The van der Waals surface area contributed by atoms with Gasteiger partial charge >= 0.3 is 0 Å². The highest BCUT2D eigenvalue weighted by Gasteiger charge is 2.13. The van der Waals surface area contributed by atoms with Gasteiger partial charge in [0.2, 0.25) is 0 Å². The van der Waals surface area contributed by atoms with E-state index in [9.17, 15) is 0 Å². The highest BCUT2D eigenvalue weighted by atomic mass is 32.2. The van der Waals surface area contributed by atoms with E-state index in [2.05, 4.69) is 60.3 Å². The van der Waals surface area contributed by atoms with Crippen molar-refractivity contribution in [3.8, 4) is 0 Å². The molecule has 0 amide bonds. The molecule has 0 aliphatic rings. The minimum atomic E-state index is 0.326. The number of thioether (sulfide) groups is 1. The van der Waals surface area contributed by atoms with Crippen LogP contribution >= 0.6 is 23.1 Å². The van der Waals surface area contributed by atoms with Gasteiger partial charge in [0.1, 0.15) is 0 Å². The van der Waals surface area contributed by atoms with E-state index in [1.165, 1.54) is 16.0 Å². The predicted octanol–water partition coefficient (Wildman–Crippen LogP) is 4.95. The first-order valence-corrected chi connectivity index (χ1v) is 8.76. The van der Waals surface area contributed by atoms with Gasteiger partial charge in [0, 0.05) is 4.90 Å². The summed E-state index contributed by atoms with van der Waals surface area (Å²) in [5, 5.41) is 8.03. The Kier molecular flexibility index (Phi) is 5.95. The Morgan fingerprint density at radius 3 is 2.47 bits per heavy atom. The zero-order chi connectivity index (χ0) is 13.5. The van der Waals surface area contributed by atoms with Crippen molar-refractivity contribution >= 4 is 23.1 Å². The van der Waals surface area contributed by atoms with Crippen LogP contribution in [0.1, 0.15) is 37.4 Å². The number of thiophene rings is 1. The smallest absolute Gasteiger partial charge is 0.0584 e. The van der Waals surface area contributed by atoms with Gasteiger partial charge in [-0.1, -0.05) is 26.0 Å². The van der Waals surface area contributed by atoms with Crippen LogP contribution in [0, 0.1) is 0 Å². The standard InChI is InChI=1S/C16H21NS2/c1-3-10-17-16(14-9-11-18-12-14)13-5-7-15(8-6-13)19-4-2/h5-9,11-12,16-17H,3-4,10H2,1-2H3. The van der Waals surface area contributed by atoms with Gasteiger partial charge < -0.3 is 5.32 Å². The predicted molar refractivity (Wildman–Crippen MR) is 87.3 cm³/mol. The van der Waals surface area contributed by atoms with Gasteiger partial charge in [0.25, 0.3) is 0 Å². The third-order valence-corrected chi connectivity index (χ3v) is 4.60. The summed E-state index contributed by atoms with van der Waals surface area (Å²) < 4.78 is 0. The topological polar surface area (TPSA) is 12.0 Å². The summed E-state index contributed by atoms with van der Waals surface area (Å²) in [7, 11) is 0. The van der Waals surface area contributed by atoms with Gasteiger partial charge in [0.05, 0.1) is 6.04 Å². The minimum Gasteiger partial charge on any atom is -0.306 e. The Morgan fingerprint density at radius 2 is 1.89 bits per heavy atom. The largest absolute Gasteiger partial charge is 0.306 e. The summed E-state index contributed by atoms with van der Waals surface area (Å²) in [5.74, 6) is 1.13. The molecule has 1 unspecified atom stereocenters. The van der Waals surface area contributed by atoms with Crippen molar-refractivity contribution in [1.29, 1.82) is 0 Å². The maximum Gasteiger partial charge on any atom is 0.0584 e. The number of benzene rings is 1. The molecule has 0 spiro atoms. The molecule has 1 aromatic carbocycles. The second kappa shape index (κ2) is 7.73. The highest BCUT2D eigenvalue weighted by molar-refractivity contribution is 7.99. The van der Waals surface area contributed by atoms with E-state index in [-0.39, 0.29) is 0 Å². The molecular weight excluding hydrogens is 270 g/mol. The first-order valence-electron chi connectivity index (χ1n) is 6.83. The molecule has 1 heterocycles. The van der Waals surface area contributed by atoms with Gasteiger partial charge in [-0.15, -0.1) is 11.8 Å². The Morgan fingerprint density at radius 1 is 1.11 bits per heavy atom. The molecule has 19 heavy (non-hydrogen) atoms. The molecule has 0 aliphatic carbocycles. The van der Waals surface area contributed by atoms with Crippen molar-refractivity contribution in [1.82, 2.24) is 5.32 Å². The molecule has 2 aromatic rings. The van der Waals surface area contributed by atoms with Crippen molar-refractivity contribution in [3.05, 3.63) is 52.2 Å². The van der Waals surface area contributed by atoms with Crippen molar-refractivity contribution in [2.75, 3.05) is 12.3 Å². The fourth-order valence-electron chi connectivity index (χ4n) is 2.08. The van der Waals surface area contributed by atoms with Crippen LogP contribution in [-0.4, -0.2) is 12.3 Å². The first kappa shape index (κ1) is 14.6. The number of hydrogen-bond donors (Lipinski definition) is 1. The summed E-state index contributed by atoms with van der Waals surface area (Å²) in [6.07, 6.45) is 1.16. The first-order chi connectivity index (χ1) is 9.35. The van der Waals surface area contributed by atoms with Gasteiger partial charge in [-0.2, -0.15) is 11.3 Å². The minimum absolute atomic E-state index is 0.326. The molecule has 1 N–H and O–H groups in total. The van der Waals surface area contributed by atoms with E-state index in [1.807, 2.05) is 11.8 Å². The molecule has 2 rings (SSSR count). The molecule has 0 saturated carbocycles. The van der Waals surface area contributed by atoms with E-state index in [4.69, 9.17) is 0 Å². The molecule has 0 saturated heterocycles. The maximum absolute atomic E-state index is 3.64. The van der Waals surface area contributed by atoms with Crippen LogP contribution in [0.2, 0.25) is 0 Å². The van der Waals surface area contributed by atoms with Crippen LogP contribution in [0.15, 0.2) is 46.0 Å². The monoisotopic (exact) mass is 291 g/mol. The Hall–Kier alpha value is -0.770. The Labute approximate surface area is 124 Å². The molecule has 0 radical (unpaired) electrons. The summed E-state index contributed by atoms with van der Waals surface area (Å²) in [4.78, 5) is 1.35. The molecule has 3 heteroatoms. The summed E-state index contributed by atoms with van der Waals surface area (Å²) in [6.45, 7) is 5.44. The molecule has 0 aliphatic heterocycles. The molecular formula is C16H21NS2. The quantitative estimate of drug-likeness (QED) is 0.724. The summed E-state index contributed by atoms with van der Waals surface area (Å²) in [5.41, 5.74) is 2.72. The lowest BCUT2D eigenvalue weighted by atomic mass is 10.0.